The van der Waals surface area contributed by atoms with Crippen LogP contribution in [0.4, 0.5) is 0 Å². The fourth-order valence-corrected chi connectivity index (χ4v) is 8.70. The topological polar surface area (TPSA) is 0 Å². The van der Waals surface area contributed by atoms with E-state index >= 15 is 0 Å². The minimum Gasteiger partial charge on any atom is -0.0881 e. The summed E-state index contributed by atoms with van der Waals surface area (Å²) in [5.74, 6) is 0. The molecular weight excluding hydrogens is 525 g/mol. The average Bonchev–Trinajstić information content (AvgIpc) is 3.37. The summed E-state index contributed by atoms with van der Waals surface area (Å²) in [5, 5.41) is 2.65. The van der Waals surface area contributed by atoms with Crippen LogP contribution in [0.3, 0.4) is 0 Å². The van der Waals surface area contributed by atoms with E-state index in [0.29, 0.717) is 0 Å². The first kappa shape index (κ1) is 23.8. The van der Waals surface area contributed by atoms with Crippen molar-refractivity contribution in [2.24, 2.45) is 0 Å². The van der Waals surface area contributed by atoms with Gasteiger partial charge in [-0.1, -0.05) is 157 Å². The van der Waals surface area contributed by atoms with E-state index in [-0.39, 0.29) is 0 Å². The lowest BCUT2D eigenvalue weighted by molar-refractivity contribution is 0.769. The second-order valence-corrected chi connectivity index (χ2v) is 12.3. The molecule has 1 heterocycles. The Morgan fingerprint density at radius 3 is 1.81 bits per heavy atom. The van der Waals surface area contributed by atoms with E-state index in [1.807, 2.05) is 11.8 Å². The molecule has 0 saturated heterocycles. The Morgan fingerprint density at radius 1 is 0.405 bits per heavy atom. The molecule has 196 valence electrons. The molecule has 7 aromatic carbocycles. The minimum absolute atomic E-state index is 0.399. The van der Waals surface area contributed by atoms with Crippen LogP contribution < -0.4 is 0 Å². The monoisotopic (exact) mass is 550 g/mol. The maximum atomic E-state index is 2.45. The molecule has 1 heteroatoms. The number of hydrogen-bond donors (Lipinski definition) is 0. The Balaban J connectivity index is 1.33. The third-order valence-corrected chi connectivity index (χ3v) is 10.4. The molecule has 0 radical (unpaired) electrons. The molecule has 0 aromatic heterocycles. The van der Waals surface area contributed by atoms with E-state index in [4.69, 9.17) is 0 Å². The molecule has 7 aromatic rings. The zero-order valence-corrected chi connectivity index (χ0v) is 23.7. The van der Waals surface area contributed by atoms with Crippen LogP contribution in [-0.2, 0) is 5.41 Å². The first-order chi connectivity index (χ1) is 20.8. The molecule has 0 nitrogen and oxygen atoms in total. The van der Waals surface area contributed by atoms with Crippen molar-refractivity contribution in [2.75, 3.05) is 0 Å². The van der Waals surface area contributed by atoms with Crippen molar-refractivity contribution in [3.8, 4) is 33.4 Å². The van der Waals surface area contributed by atoms with Crippen LogP contribution in [0, 0.1) is 0 Å². The van der Waals surface area contributed by atoms with Gasteiger partial charge in [0.15, 0.2) is 0 Å². The second-order valence-electron chi connectivity index (χ2n) is 11.2. The fourth-order valence-electron chi connectivity index (χ4n) is 7.42. The smallest absolute Gasteiger partial charge is 0.0713 e. The molecule has 42 heavy (non-hydrogen) atoms. The van der Waals surface area contributed by atoms with Gasteiger partial charge in [0, 0.05) is 15.2 Å². The molecule has 1 aliphatic carbocycles. The third kappa shape index (κ3) is 3.20. The van der Waals surface area contributed by atoms with Gasteiger partial charge in [-0.05, 0) is 73.2 Å². The van der Waals surface area contributed by atoms with E-state index in [1.165, 1.54) is 76.2 Å². The molecular formula is C41H26S. The van der Waals surface area contributed by atoms with E-state index in [9.17, 15) is 0 Å². The van der Waals surface area contributed by atoms with E-state index in [1.54, 1.807) is 0 Å². The van der Waals surface area contributed by atoms with Gasteiger partial charge in [0.2, 0.25) is 0 Å². The first-order valence-corrected chi connectivity index (χ1v) is 15.3. The molecule has 0 saturated carbocycles. The van der Waals surface area contributed by atoms with Gasteiger partial charge in [-0.25, -0.2) is 0 Å². The van der Waals surface area contributed by atoms with Crippen LogP contribution in [-0.4, -0.2) is 0 Å². The van der Waals surface area contributed by atoms with Crippen LogP contribution in [0.25, 0.3) is 44.2 Å². The van der Waals surface area contributed by atoms with Crippen molar-refractivity contribution in [2.45, 2.75) is 15.2 Å². The normalized spacial score (nSPS) is 13.8. The predicted octanol–water partition coefficient (Wildman–Crippen LogP) is 11.0. The van der Waals surface area contributed by atoms with Crippen LogP contribution in [0.5, 0.6) is 0 Å². The number of fused-ring (bicyclic) bond motifs is 5. The summed E-state index contributed by atoms with van der Waals surface area (Å²) in [6, 6.07) is 58.5. The van der Waals surface area contributed by atoms with Gasteiger partial charge in [0.1, 0.15) is 0 Å². The van der Waals surface area contributed by atoms with Gasteiger partial charge in [-0.2, -0.15) is 0 Å². The lowest BCUT2D eigenvalue weighted by Crippen LogP contribution is -2.28. The Hall–Kier alpha value is -4.85. The molecule has 0 atom stereocenters. The molecule has 0 fully saturated rings. The summed E-state index contributed by atoms with van der Waals surface area (Å²) in [4.78, 5) is 2.67. The van der Waals surface area contributed by atoms with Crippen LogP contribution in [0.2, 0.25) is 0 Å². The van der Waals surface area contributed by atoms with Crippen molar-refractivity contribution < 1.29 is 0 Å². The quantitative estimate of drug-likeness (QED) is 0.211. The fraction of sp³-hybridized carbons (Fsp3) is 0.0244. The zero-order chi connectivity index (χ0) is 27.7. The maximum absolute atomic E-state index is 2.45. The number of rotatable bonds is 3. The minimum atomic E-state index is -0.399. The van der Waals surface area contributed by atoms with Gasteiger partial charge in [0.05, 0.1) is 5.41 Å². The second kappa shape index (κ2) is 9.08. The summed E-state index contributed by atoms with van der Waals surface area (Å²) in [6.07, 6.45) is 0. The highest BCUT2D eigenvalue weighted by Gasteiger charge is 2.45. The van der Waals surface area contributed by atoms with Gasteiger partial charge < -0.3 is 0 Å². The van der Waals surface area contributed by atoms with Gasteiger partial charge in [-0.15, -0.1) is 0 Å². The standard InChI is InChI=1S/C41H26S/c1-2-14-29(15-3-1)41(36-21-7-4-17-32(36)33-18-5-8-22-37(33)41)30-16-10-13-28(26-30)31-25-24-27-12-11-20-35-34-19-6-9-23-38(34)42-40(31)39(27)35/h1-26H. The van der Waals surface area contributed by atoms with E-state index in [0.717, 1.165) is 0 Å². The molecule has 1 aliphatic heterocycles. The lowest BCUT2D eigenvalue weighted by atomic mass is 9.67. The predicted molar refractivity (Wildman–Crippen MR) is 176 cm³/mol. The third-order valence-electron chi connectivity index (χ3n) is 9.15. The highest BCUT2D eigenvalue weighted by atomic mass is 32.2. The summed E-state index contributed by atoms with van der Waals surface area (Å²) >= 11 is 1.91. The van der Waals surface area contributed by atoms with Gasteiger partial charge >= 0.3 is 0 Å². The van der Waals surface area contributed by atoms with E-state index < -0.39 is 5.41 Å². The van der Waals surface area contributed by atoms with Gasteiger partial charge in [0.25, 0.3) is 0 Å². The summed E-state index contributed by atoms with van der Waals surface area (Å²) in [5.41, 5.74) is 12.7. The highest BCUT2D eigenvalue weighted by molar-refractivity contribution is 8.00. The summed E-state index contributed by atoms with van der Waals surface area (Å²) in [7, 11) is 0. The average molecular weight is 551 g/mol. The Morgan fingerprint density at radius 2 is 1.02 bits per heavy atom. The molecule has 0 N–H and O–H groups in total. The van der Waals surface area contributed by atoms with Crippen molar-refractivity contribution >= 4 is 22.5 Å². The Kier molecular flexibility index (Phi) is 5.15. The maximum Gasteiger partial charge on any atom is 0.0713 e. The van der Waals surface area contributed by atoms with Crippen molar-refractivity contribution in [1.82, 2.24) is 0 Å². The molecule has 0 bridgehead atoms. The van der Waals surface area contributed by atoms with Gasteiger partial charge in [-0.3, -0.25) is 0 Å². The zero-order valence-electron chi connectivity index (χ0n) is 22.9. The molecule has 0 spiro atoms. The molecule has 9 rings (SSSR count). The lowest BCUT2D eigenvalue weighted by Gasteiger charge is -2.34. The van der Waals surface area contributed by atoms with Crippen molar-refractivity contribution in [3.05, 3.63) is 180 Å². The molecule has 0 amide bonds. The number of hydrogen-bond acceptors (Lipinski definition) is 1. The van der Waals surface area contributed by atoms with Crippen molar-refractivity contribution in [1.29, 1.82) is 0 Å². The molecule has 2 aliphatic rings. The highest BCUT2D eigenvalue weighted by Crippen LogP contribution is 2.57. The van der Waals surface area contributed by atoms with E-state index in [2.05, 4.69) is 158 Å². The summed E-state index contributed by atoms with van der Waals surface area (Å²) < 4.78 is 0. The Labute approximate surface area is 250 Å². The largest absolute Gasteiger partial charge is 0.0881 e. The SMILES string of the molecule is c1ccc(C2(c3cccc(-c4ccc5cccc6c5c4Sc4ccccc4-6)c3)c3ccccc3-c3ccccc32)cc1. The summed E-state index contributed by atoms with van der Waals surface area (Å²) in [6.45, 7) is 0. The number of benzene rings is 7. The van der Waals surface area contributed by atoms with Crippen LogP contribution in [0.15, 0.2) is 168 Å². The molecule has 0 unspecified atom stereocenters. The Bertz CT molecular complexity index is 2130. The van der Waals surface area contributed by atoms with Crippen molar-refractivity contribution in [3.63, 3.8) is 0 Å². The first-order valence-electron chi connectivity index (χ1n) is 14.5. The van der Waals surface area contributed by atoms with Crippen LogP contribution in [0.1, 0.15) is 22.3 Å². The van der Waals surface area contributed by atoms with Crippen LogP contribution >= 0.6 is 11.8 Å².